The van der Waals surface area contributed by atoms with E-state index in [0.29, 0.717) is 0 Å². The minimum Gasteiger partial charge on any atom is -0.394 e. The van der Waals surface area contributed by atoms with Gasteiger partial charge in [-0.05, 0) is 0 Å². The molecule has 1 aliphatic rings. The lowest BCUT2D eigenvalue weighted by Gasteiger charge is -2.23. The SMILES string of the molecule is Nc1nc2c(ncn2[C@@H]2O[C@H](CO)[C@@H](O)[C@H]2NC(=O)C(F)(F)F)c(=O)[nH]1. The normalized spacial score (nSPS) is 26.3. The van der Waals surface area contributed by atoms with Crippen molar-refractivity contribution in [2.75, 3.05) is 12.3 Å². The summed E-state index contributed by atoms with van der Waals surface area (Å²) in [5, 5.41) is 21.0. The number of nitrogen functional groups attached to an aromatic ring is 1. The largest absolute Gasteiger partial charge is 0.471 e. The molecule has 14 heteroatoms. The van der Waals surface area contributed by atoms with Crippen LogP contribution in [0.1, 0.15) is 6.23 Å². The molecule has 0 spiro atoms. The molecule has 1 saturated heterocycles. The van der Waals surface area contributed by atoms with E-state index in [1.54, 1.807) is 5.32 Å². The Morgan fingerprint density at radius 3 is 2.81 bits per heavy atom. The molecule has 0 unspecified atom stereocenters. The van der Waals surface area contributed by atoms with Gasteiger partial charge in [0.1, 0.15) is 18.2 Å². The highest BCUT2D eigenvalue weighted by Crippen LogP contribution is 2.31. The first-order valence-electron chi connectivity index (χ1n) is 7.18. The number of ether oxygens (including phenoxy) is 1. The average molecular weight is 378 g/mol. The zero-order valence-electron chi connectivity index (χ0n) is 12.8. The van der Waals surface area contributed by atoms with Crippen LogP contribution < -0.4 is 16.6 Å². The summed E-state index contributed by atoms with van der Waals surface area (Å²) in [4.78, 5) is 32.9. The van der Waals surface area contributed by atoms with Crippen LogP contribution in [0.2, 0.25) is 0 Å². The van der Waals surface area contributed by atoms with Crippen molar-refractivity contribution in [3.63, 3.8) is 0 Å². The molecule has 0 saturated carbocycles. The molecule has 3 heterocycles. The van der Waals surface area contributed by atoms with Gasteiger partial charge in [0.2, 0.25) is 5.95 Å². The van der Waals surface area contributed by atoms with Gasteiger partial charge in [-0.15, -0.1) is 0 Å². The number of carbonyl (C=O) groups excluding carboxylic acids is 1. The van der Waals surface area contributed by atoms with E-state index in [0.717, 1.165) is 10.9 Å². The van der Waals surface area contributed by atoms with Crippen molar-refractivity contribution in [2.24, 2.45) is 0 Å². The first-order valence-corrected chi connectivity index (χ1v) is 7.18. The number of H-pyrrole nitrogens is 1. The highest BCUT2D eigenvalue weighted by Gasteiger charge is 2.49. The standard InChI is InChI=1S/C12H13F3N6O5/c13-12(14,15)10(25)18-4-6(23)3(1-22)26-9(4)21-2-17-5-7(21)19-11(16)20-8(5)24/h2-4,6,9,22-23H,1H2,(H,18,25)(H3,16,19,20,24)/t3-,4-,6-,9-/m1/s1. The molecule has 1 aliphatic heterocycles. The van der Waals surface area contributed by atoms with E-state index in [1.807, 2.05) is 0 Å². The van der Waals surface area contributed by atoms with Crippen molar-refractivity contribution >= 4 is 23.0 Å². The molecule has 0 bridgehead atoms. The molecule has 1 amide bonds. The number of aromatic nitrogens is 4. The second-order valence-corrected chi connectivity index (χ2v) is 5.51. The minimum atomic E-state index is -5.20. The quantitative estimate of drug-likeness (QED) is 0.408. The second-order valence-electron chi connectivity index (χ2n) is 5.51. The topological polar surface area (TPSA) is 168 Å². The van der Waals surface area contributed by atoms with Gasteiger partial charge in [0.05, 0.1) is 12.9 Å². The summed E-state index contributed by atoms with van der Waals surface area (Å²) in [6.45, 7) is -0.723. The number of hydrogen-bond acceptors (Lipinski definition) is 8. The molecule has 2 aromatic rings. The van der Waals surface area contributed by atoms with Crippen molar-refractivity contribution in [3.8, 4) is 0 Å². The average Bonchev–Trinajstić information content (AvgIpc) is 3.08. The number of amides is 1. The Morgan fingerprint density at radius 2 is 2.19 bits per heavy atom. The van der Waals surface area contributed by atoms with Crippen LogP contribution in [0.3, 0.4) is 0 Å². The van der Waals surface area contributed by atoms with E-state index in [1.165, 1.54) is 0 Å². The fourth-order valence-electron chi connectivity index (χ4n) is 2.65. The highest BCUT2D eigenvalue weighted by molar-refractivity contribution is 5.82. The third kappa shape index (κ3) is 2.97. The summed E-state index contributed by atoms with van der Waals surface area (Å²) in [6.07, 6.45) is -8.52. The lowest BCUT2D eigenvalue weighted by Crippen LogP contribution is -2.50. The Balaban J connectivity index is 2.04. The van der Waals surface area contributed by atoms with E-state index in [2.05, 4.69) is 15.0 Å². The van der Waals surface area contributed by atoms with Gasteiger partial charge in [-0.3, -0.25) is 19.1 Å². The van der Waals surface area contributed by atoms with Gasteiger partial charge in [0.15, 0.2) is 17.4 Å². The molecule has 3 rings (SSSR count). The Kier molecular flexibility index (Phi) is 4.33. The minimum absolute atomic E-state index is 0.131. The Hall–Kier alpha value is -2.71. The molecule has 0 radical (unpaired) electrons. The van der Waals surface area contributed by atoms with Crippen LogP contribution in [0, 0.1) is 0 Å². The van der Waals surface area contributed by atoms with Gasteiger partial charge in [-0.25, -0.2) is 4.98 Å². The third-order valence-corrected chi connectivity index (χ3v) is 3.83. The maximum atomic E-state index is 12.6. The van der Waals surface area contributed by atoms with Crippen LogP contribution in [0.25, 0.3) is 11.2 Å². The smallest absolute Gasteiger partial charge is 0.394 e. The lowest BCUT2D eigenvalue weighted by molar-refractivity contribution is -0.175. The second kappa shape index (κ2) is 6.22. The number of carbonyl (C=O) groups is 1. The molecule has 26 heavy (non-hydrogen) atoms. The van der Waals surface area contributed by atoms with E-state index in [4.69, 9.17) is 10.5 Å². The summed E-state index contributed by atoms with van der Waals surface area (Å²) in [6, 6.07) is -1.60. The van der Waals surface area contributed by atoms with Crippen LogP contribution in [0.5, 0.6) is 0 Å². The fraction of sp³-hybridized carbons (Fsp3) is 0.500. The number of aromatic amines is 1. The Bertz CT molecular complexity index is 896. The zero-order chi connectivity index (χ0) is 19.2. The molecule has 6 N–H and O–H groups in total. The van der Waals surface area contributed by atoms with E-state index >= 15 is 0 Å². The van der Waals surface area contributed by atoms with Crippen LogP contribution in [0.4, 0.5) is 19.1 Å². The number of imidazole rings is 1. The predicted molar refractivity (Wildman–Crippen MR) is 77.5 cm³/mol. The van der Waals surface area contributed by atoms with E-state index in [-0.39, 0.29) is 17.1 Å². The van der Waals surface area contributed by atoms with E-state index in [9.17, 15) is 33.0 Å². The molecular formula is C12H13F3N6O5. The van der Waals surface area contributed by atoms with Crippen molar-refractivity contribution < 1.29 is 32.9 Å². The van der Waals surface area contributed by atoms with Crippen LogP contribution in [-0.2, 0) is 9.53 Å². The number of rotatable bonds is 3. The van der Waals surface area contributed by atoms with Gasteiger partial charge < -0.3 is 26.0 Å². The number of halogens is 3. The molecule has 2 aromatic heterocycles. The molecule has 11 nitrogen and oxygen atoms in total. The number of aliphatic hydroxyl groups is 2. The van der Waals surface area contributed by atoms with Crippen molar-refractivity contribution in [2.45, 2.75) is 30.7 Å². The fourth-order valence-corrected chi connectivity index (χ4v) is 2.65. The lowest BCUT2D eigenvalue weighted by atomic mass is 10.1. The molecule has 0 aromatic carbocycles. The maximum absolute atomic E-state index is 12.6. The first-order chi connectivity index (χ1) is 12.1. The van der Waals surface area contributed by atoms with Crippen molar-refractivity contribution in [3.05, 3.63) is 16.7 Å². The Labute approximate surface area is 141 Å². The van der Waals surface area contributed by atoms with Gasteiger partial charge in [-0.2, -0.15) is 18.2 Å². The van der Waals surface area contributed by atoms with Gasteiger partial charge in [0, 0.05) is 0 Å². The molecule has 4 atom stereocenters. The molecule has 142 valence electrons. The monoisotopic (exact) mass is 378 g/mol. The number of anilines is 1. The van der Waals surface area contributed by atoms with Crippen LogP contribution in [0.15, 0.2) is 11.1 Å². The summed E-state index contributed by atoms with van der Waals surface area (Å²) in [7, 11) is 0. The highest BCUT2D eigenvalue weighted by atomic mass is 19.4. The molecule has 1 fully saturated rings. The van der Waals surface area contributed by atoms with Gasteiger partial charge in [-0.1, -0.05) is 0 Å². The number of nitrogens with one attached hydrogen (secondary N) is 2. The first kappa shape index (κ1) is 18.1. The third-order valence-electron chi connectivity index (χ3n) is 3.83. The van der Waals surface area contributed by atoms with Crippen molar-refractivity contribution in [1.82, 2.24) is 24.8 Å². The zero-order valence-corrected chi connectivity index (χ0v) is 12.8. The number of nitrogens with two attached hydrogens (primary N) is 1. The molecule has 0 aliphatic carbocycles. The number of alkyl halides is 3. The van der Waals surface area contributed by atoms with Gasteiger partial charge >= 0.3 is 12.1 Å². The summed E-state index contributed by atoms with van der Waals surface area (Å²) in [5.41, 5.74) is 4.45. The summed E-state index contributed by atoms with van der Waals surface area (Å²) < 4.78 is 44.1. The number of aliphatic hydroxyl groups excluding tert-OH is 2. The summed E-state index contributed by atoms with van der Waals surface area (Å²) in [5.74, 6) is -2.58. The number of nitrogens with zero attached hydrogens (tertiary/aromatic N) is 3. The predicted octanol–water partition coefficient (Wildman–Crippen LogP) is -2.00. The molecular weight excluding hydrogens is 365 g/mol. The van der Waals surface area contributed by atoms with E-state index < -0.39 is 48.7 Å². The number of fused-ring (bicyclic) bond motifs is 1. The number of hydrogen-bond donors (Lipinski definition) is 5. The maximum Gasteiger partial charge on any atom is 0.471 e. The van der Waals surface area contributed by atoms with Crippen molar-refractivity contribution in [1.29, 1.82) is 0 Å². The summed E-state index contributed by atoms with van der Waals surface area (Å²) >= 11 is 0. The Morgan fingerprint density at radius 1 is 1.50 bits per heavy atom. The van der Waals surface area contributed by atoms with Crippen LogP contribution >= 0.6 is 0 Å². The van der Waals surface area contributed by atoms with Gasteiger partial charge in [0.25, 0.3) is 5.56 Å². The van der Waals surface area contributed by atoms with Crippen LogP contribution in [-0.4, -0.2) is 66.7 Å².